The van der Waals surface area contributed by atoms with Crippen molar-refractivity contribution in [3.8, 4) is 0 Å². The fourth-order valence-electron chi connectivity index (χ4n) is 2.39. The quantitative estimate of drug-likeness (QED) is 0.746. The average molecular weight is 193 g/mol. The molecule has 1 aromatic rings. The maximum atomic E-state index is 11.4. The van der Waals surface area contributed by atoms with Gasteiger partial charge in [-0.3, -0.25) is 9.47 Å². The van der Waals surface area contributed by atoms with Crippen molar-refractivity contribution in [3.63, 3.8) is 0 Å². The van der Waals surface area contributed by atoms with E-state index in [2.05, 4.69) is 9.88 Å². The van der Waals surface area contributed by atoms with Gasteiger partial charge in [0, 0.05) is 31.5 Å². The van der Waals surface area contributed by atoms with Crippen LogP contribution in [0.15, 0.2) is 17.2 Å². The van der Waals surface area contributed by atoms with Gasteiger partial charge in [-0.1, -0.05) is 0 Å². The topological polar surface area (TPSA) is 41.0 Å². The van der Waals surface area contributed by atoms with E-state index in [0.717, 1.165) is 25.6 Å². The fraction of sp³-hybridized carbons (Fsp3) is 0.700. The van der Waals surface area contributed by atoms with Crippen LogP contribution in [0.1, 0.15) is 25.3 Å². The largest absolute Gasteiger partial charge is 0.325 e. The van der Waals surface area contributed by atoms with Gasteiger partial charge in [-0.25, -0.2) is 4.79 Å². The monoisotopic (exact) mass is 193 g/mol. The molecule has 4 nitrogen and oxygen atoms in total. The van der Waals surface area contributed by atoms with E-state index in [9.17, 15) is 4.79 Å². The third kappa shape index (κ3) is 1.30. The molecule has 0 spiro atoms. The number of aromatic nitrogens is 2. The van der Waals surface area contributed by atoms with E-state index < -0.39 is 0 Å². The van der Waals surface area contributed by atoms with E-state index in [1.165, 1.54) is 12.8 Å². The lowest BCUT2D eigenvalue weighted by Crippen LogP contribution is -2.27. The molecule has 1 N–H and O–H groups in total. The van der Waals surface area contributed by atoms with Crippen LogP contribution in [0.2, 0.25) is 0 Å². The van der Waals surface area contributed by atoms with Crippen LogP contribution < -0.4 is 5.69 Å². The third-order valence-corrected chi connectivity index (χ3v) is 3.33. The Kier molecular flexibility index (Phi) is 1.77. The summed E-state index contributed by atoms with van der Waals surface area (Å²) in [6.45, 7) is 2.22. The minimum Gasteiger partial charge on any atom is -0.313 e. The van der Waals surface area contributed by atoms with Crippen molar-refractivity contribution in [1.82, 2.24) is 14.5 Å². The molecule has 0 radical (unpaired) electrons. The normalized spacial score (nSPS) is 28.4. The first-order chi connectivity index (χ1) is 6.84. The Hall–Kier alpha value is -1.03. The maximum Gasteiger partial charge on any atom is 0.325 e. The molecule has 14 heavy (non-hydrogen) atoms. The van der Waals surface area contributed by atoms with Gasteiger partial charge < -0.3 is 4.98 Å². The van der Waals surface area contributed by atoms with Gasteiger partial charge in [-0.2, -0.15) is 0 Å². The minimum atomic E-state index is 0.0349. The van der Waals surface area contributed by atoms with Crippen molar-refractivity contribution in [2.75, 3.05) is 13.1 Å². The summed E-state index contributed by atoms with van der Waals surface area (Å²) in [5, 5.41) is 0. The van der Waals surface area contributed by atoms with Crippen molar-refractivity contribution in [2.24, 2.45) is 0 Å². The van der Waals surface area contributed by atoms with E-state index in [1.54, 1.807) is 6.20 Å². The molecule has 2 heterocycles. The summed E-state index contributed by atoms with van der Waals surface area (Å²) in [5.41, 5.74) is 0.0349. The number of aromatic amines is 1. The number of nitrogens with zero attached hydrogens (tertiary/aromatic N) is 2. The summed E-state index contributed by atoms with van der Waals surface area (Å²) in [6, 6.07) is 1.23. The van der Waals surface area contributed by atoms with Crippen LogP contribution >= 0.6 is 0 Å². The number of hydrogen-bond acceptors (Lipinski definition) is 2. The van der Waals surface area contributed by atoms with E-state index in [-0.39, 0.29) is 5.69 Å². The van der Waals surface area contributed by atoms with Crippen molar-refractivity contribution in [1.29, 1.82) is 0 Å². The molecule has 2 fully saturated rings. The molecular formula is C10H15N3O. The Morgan fingerprint density at radius 1 is 1.29 bits per heavy atom. The van der Waals surface area contributed by atoms with Gasteiger partial charge in [-0.05, 0) is 19.3 Å². The number of nitrogens with one attached hydrogen (secondary N) is 1. The molecule has 1 saturated heterocycles. The van der Waals surface area contributed by atoms with Gasteiger partial charge in [0.05, 0.1) is 6.04 Å². The summed E-state index contributed by atoms with van der Waals surface area (Å²) in [6.07, 6.45) is 7.42. The molecule has 1 aliphatic carbocycles. The maximum absolute atomic E-state index is 11.4. The fourth-order valence-corrected chi connectivity index (χ4v) is 2.39. The molecule has 76 valence electrons. The number of imidazole rings is 1. The van der Waals surface area contributed by atoms with Crippen LogP contribution in [0.3, 0.4) is 0 Å². The zero-order valence-electron chi connectivity index (χ0n) is 8.15. The second kappa shape index (κ2) is 2.98. The van der Waals surface area contributed by atoms with Crippen LogP contribution in [0.25, 0.3) is 0 Å². The molecule has 2 aliphatic rings. The summed E-state index contributed by atoms with van der Waals surface area (Å²) in [4.78, 5) is 16.6. The van der Waals surface area contributed by atoms with Crippen LogP contribution in [-0.4, -0.2) is 33.6 Å². The van der Waals surface area contributed by atoms with Gasteiger partial charge in [0.25, 0.3) is 0 Å². The van der Waals surface area contributed by atoms with Gasteiger partial charge in [-0.15, -0.1) is 0 Å². The number of likely N-dealkylation sites (tertiary alicyclic amines) is 1. The number of H-pyrrole nitrogens is 1. The molecule has 1 aliphatic heterocycles. The molecule has 1 atom stereocenters. The predicted molar refractivity (Wildman–Crippen MR) is 53.3 cm³/mol. The zero-order chi connectivity index (χ0) is 9.54. The van der Waals surface area contributed by atoms with Crippen molar-refractivity contribution < 1.29 is 0 Å². The van der Waals surface area contributed by atoms with Crippen molar-refractivity contribution >= 4 is 0 Å². The first-order valence-electron chi connectivity index (χ1n) is 5.34. The van der Waals surface area contributed by atoms with Crippen LogP contribution in [0.5, 0.6) is 0 Å². The third-order valence-electron chi connectivity index (χ3n) is 3.33. The summed E-state index contributed by atoms with van der Waals surface area (Å²) in [5.74, 6) is 0. The van der Waals surface area contributed by atoms with Crippen molar-refractivity contribution in [2.45, 2.75) is 31.3 Å². The molecule has 3 rings (SSSR count). The molecule has 0 amide bonds. The van der Waals surface area contributed by atoms with E-state index in [4.69, 9.17) is 0 Å². The lowest BCUT2D eigenvalue weighted by molar-refractivity contribution is 0.313. The van der Waals surface area contributed by atoms with E-state index in [1.807, 2.05) is 10.8 Å². The molecule has 1 unspecified atom stereocenters. The first-order valence-corrected chi connectivity index (χ1v) is 5.34. The smallest absolute Gasteiger partial charge is 0.313 e. The van der Waals surface area contributed by atoms with Gasteiger partial charge in [0.15, 0.2) is 0 Å². The van der Waals surface area contributed by atoms with Crippen LogP contribution in [0, 0.1) is 0 Å². The highest BCUT2D eigenvalue weighted by molar-refractivity contribution is 4.93. The Balaban J connectivity index is 1.75. The Labute approximate surface area is 82.5 Å². The summed E-state index contributed by atoms with van der Waals surface area (Å²) >= 11 is 0. The van der Waals surface area contributed by atoms with Crippen LogP contribution in [0.4, 0.5) is 0 Å². The minimum absolute atomic E-state index is 0.0349. The van der Waals surface area contributed by atoms with E-state index in [0.29, 0.717) is 6.04 Å². The molecule has 0 bridgehead atoms. The molecular weight excluding hydrogens is 178 g/mol. The zero-order valence-corrected chi connectivity index (χ0v) is 8.15. The van der Waals surface area contributed by atoms with Gasteiger partial charge in [0.1, 0.15) is 0 Å². The highest BCUT2D eigenvalue weighted by atomic mass is 16.1. The molecule has 4 heteroatoms. The van der Waals surface area contributed by atoms with Crippen LogP contribution in [-0.2, 0) is 0 Å². The molecule has 1 saturated carbocycles. The first kappa shape index (κ1) is 8.29. The lowest BCUT2D eigenvalue weighted by atomic mass is 10.3. The standard InChI is InChI=1S/C10H15N3O/c14-10-11-4-6-13(10)9-3-5-12(7-9)8-1-2-8/h4,6,8-9H,1-3,5,7H2,(H,11,14). The second-order valence-electron chi connectivity index (χ2n) is 4.34. The SMILES string of the molecule is O=c1[nH]ccn1C1CCN(C2CC2)C1. The summed E-state index contributed by atoms with van der Waals surface area (Å²) < 4.78 is 1.84. The summed E-state index contributed by atoms with van der Waals surface area (Å²) in [7, 11) is 0. The van der Waals surface area contributed by atoms with Gasteiger partial charge in [0.2, 0.25) is 0 Å². The highest BCUT2D eigenvalue weighted by Gasteiger charge is 2.35. The highest BCUT2D eigenvalue weighted by Crippen LogP contribution is 2.32. The Bertz CT molecular complexity index is 377. The second-order valence-corrected chi connectivity index (χ2v) is 4.34. The molecule has 1 aromatic heterocycles. The lowest BCUT2D eigenvalue weighted by Gasteiger charge is -2.14. The average Bonchev–Trinajstić information content (AvgIpc) is 2.75. The van der Waals surface area contributed by atoms with Gasteiger partial charge >= 0.3 is 5.69 Å². The van der Waals surface area contributed by atoms with E-state index >= 15 is 0 Å². The Morgan fingerprint density at radius 2 is 2.14 bits per heavy atom. The number of hydrogen-bond donors (Lipinski definition) is 1. The van der Waals surface area contributed by atoms with Crippen molar-refractivity contribution in [3.05, 3.63) is 22.9 Å². The Morgan fingerprint density at radius 3 is 2.79 bits per heavy atom. The predicted octanol–water partition coefficient (Wildman–Crippen LogP) is 0.586. The molecule has 0 aromatic carbocycles. The number of rotatable bonds is 2.